The summed E-state index contributed by atoms with van der Waals surface area (Å²) in [4.78, 5) is 20.4. The van der Waals surface area contributed by atoms with Gasteiger partial charge in [0.1, 0.15) is 5.69 Å². The van der Waals surface area contributed by atoms with Crippen LogP contribution in [0.1, 0.15) is 25.5 Å². The van der Waals surface area contributed by atoms with Gasteiger partial charge in [-0.2, -0.15) is 5.26 Å². The number of esters is 1. The zero-order valence-corrected chi connectivity index (χ0v) is 12.5. The summed E-state index contributed by atoms with van der Waals surface area (Å²) in [5.74, 6) is -1.64. The van der Waals surface area contributed by atoms with E-state index < -0.39 is 11.9 Å². The van der Waals surface area contributed by atoms with Crippen LogP contribution in [0.3, 0.4) is 0 Å². The summed E-state index contributed by atoms with van der Waals surface area (Å²) in [7, 11) is 0. The summed E-state index contributed by atoms with van der Waals surface area (Å²) in [6.45, 7) is 4.07. The lowest BCUT2D eigenvalue weighted by atomic mass is 10.1. The minimum Gasteiger partial charge on any atom is -0.464 e. The molecule has 0 fully saturated rings. The van der Waals surface area contributed by atoms with E-state index in [4.69, 9.17) is 16.3 Å². The van der Waals surface area contributed by atoms with E-state index in [1.165, 1.54) is 0 Å². The molecule has 0 unspecified atom stereocenters. The highest BCUT2D eigenvalue weighted by molar-refractivity contribution is 6.30. The summed E-state index contributed by atoms with van der Waals surface area (Å²) in [6.07, 6.45) is 0. The van der Waals surface area contributed by atoms with Gasteiger partial charge >= 0.3 is 5.97 Å². The molecule has 0 radical (unpaired) electrons. The molecule has 0 bridgehead atoms. The van der Waals surface area contributed by atoms with E-state index >= 15 is 0 Å². The molecule has 5 nitrogen and oxygen atoms in total. The number of halogens is 1. The summed E-state index contributed by atoms with van der Waals surface area (Å²) < 4.78 is 5.09. The highest BCUT2D eigenvalue weighted by Crippen LogP contribution is 2.24. The number of hydrogen-bond donors (Lipinski definition) is 0. The fraction of sp³-hybridized carbons (Fsp3) is 0.333. The Hall–Kier alpha value is -2.19. The number of fused-ring (bicyclic) bond motifs is 1. The largest absolute Gasteiger partial charge is 0.464 e. The minimum atomic E-state index is -1.17. The Morgan fingerprint density at radius 2 is 1.95 bits per heavy atom. The maximum absolute atomic E-state index is 12.0. The van der Waals surface area contributed by atoms with E-state index in [2.05, 4.69) is 9.97 Å². The SMILES string of the molecule is CC(C)COC(=O)[C@H](C#N)c1nc2ccccc2nc1Cl. The average molecular weight is 304 g/mol. The van der Waals surface area contributed by atoms with Gasteiger partial charge < -0.3 is 4.74 Å². The third-order valence-corrected chi connectivity index (χ3v) is 3.03. The maximum atomic E-state index is 12.0. The fourth-order valence-corrected chi connectivity index (χ4v) is 1.98. The van der Waals surface area contributed by atoms with E-state index in [1.54, 1.807) is 18.2 Å². The molecule has 1 atom stereocenters. The first kappa shape index (κ1) is 15.2. The molecule has 2 rings (SSSR count). The first-order chi connectivity index (χ1) is 10.0. The van der Waals surface area contributed by atoms with Crippen molar-refractivity contribution in [3.05, 3.63) is 35.1 Å². The normalized spacial score (nSPS) is 12.1. The van der Waals surface area contributed by atoms with E-state index in [0.29, 0.717) is 11.0 Å². The van der Waals surface area contributed by atoms with Gasteiger partial charge in [-0.3, -0.25) is 4.79 Å². The fourth-order valence-electron chi connectivity index (χ4n) is 1.73. The van der Waals surface area contributed by atoms with Crippen molar-refractivity contribution in [3.63, 3.8) is 0 Å². The highest BCUT2D eigenvalue weighted by atomic mass is 35.5. The van der Waals surface area contributed by atoms with Gasteiger partial charge in [-0.05, 0) is 18.1 Å². The minimum absolute atomic E-state index is 0.0433. The summed E-state index contributed by atoms with van der Waals surface area (Å²) >= 11 is 6.05. The van der Waals surface area contributed by atoms with Crippen LogP contribution in [0.5, 0.6) is 0 Å². The number of para-hydroxylation sites is 2. The molecule has 21 heavy (non-hydrogen) atoms. The van der Waals surface area contributed by atoms with Gasteiger partial charge in [0.25, 0.3) is 0 Å². The number of nitriles is 1. The van der Waals surface area contributed by atoms with Gasteiger partial charge in [0.05, 0.1) is 23.7 Å². The topological polar surface area (TPSA) is 75.9 Å². The van der Waals surface area contributed by atoms with E-state index in [9.17, 15) is 10.1 Å². The average Bonchev–Trinajstić information content (AvgIpc) is 2.46. The van der Waals surface area contributed by atoms with Crippen molar-refractivity contribution in [2.45, 2.75) is 19.8 Å². The van der Waals surface area contributed by atoms with Crippen LogP contribution in [0.2, 0.25) is 5.15 Å². The number of carbonyl (C=O) groups excluding carboxylic acids is 1. The zero-order valence-electron chi connectivity index (χ0n) is 11.7. The van der Waals surface area contributed by atoms with Crippen molar-refractivity contribution in [3.8, 4) is 6.07 Å². The van der Waals surface area contributed by atoms with Crippen LogP contribution in [-0.4, -0.2) is 22.5 Å². The smallest absolute Gasteiger partial charge is 0.329 e. The Kier molecular flexibility index (Phi) is 4.71. The van der Waals surface area contributed by atoms with Crippen LogP contribution >= 0.6 is 11.6 Å². The molecule has 0 saturated carbocycles. The van der Waals surface area contributed by atoms with Crippen LogP contribution in [0, 0.1) is 17.2 Å². The molecule has 108 valence electrons. The zero-order chi connectivity index (χ0) is 15.4. The number of hydrogen-bond acceptors (Lipinski definition) is 5. The molecule has 0 aliphatic rings. The second-order valence-corrected chi connectivity index (χ2v) is 5.33. The predicted octanol–water partition coefficient (Wildman–Crippen LogP) is 3.09. The molecule has 2 aromatic rings. The quantitative estimate of drug-likeness (QED) is 0.811. The molecule has 1 heterocycles. The van der Waals surface area contributed by atoms with Crippen molar-refractivity contribution in [1.82, 2.24) is 9.97 Å². The molecule has 0 aliphatic carbocycles. The van der Waals surface area contributed by atoms with Crippen LogP contribution in [0.4, 0.5) is 0 Å². The lowest BCUT2D eigenvalue weighted by Gasteiger charge is -2.12. The first-order valence-corrected chi connectivity index (χ1v) is 6.89. The van der Waals surface area contributed by atoms with Crippen molar-refractivity contribution in [1.29, 1.82) is 5.26 Å². The van der Waals surface area contributed by atoms with Gasteiger partial charge in [-0.1, -0.05) is 37.6 Å². The van der Waals surface area contributed by atoms with E-state index in [0.717, 1.165) is 0 Å². The number of ether oxygens (including phenoxy) is 1. The number of rotatable bonds is 4. The number of nitrogens with zero attached hydrogens (tertiary/aromatic N) is 3. The molecule has 0 aliphatic heterocycles. The monoisotopic (exact) mass is 303 g/mol. The molecular formula is C15H14ClN3O2. The highest BCUT2D eigenvalue weighted by Gasteiger charge is 2.27. The van der Waals surface area contributed by atoms with Gasteiger partial charge in [0, 0.05) is 0 Å². The van der Waals surface area contributed by atoms with Crippen LogP contribution < -0.4 is 0 Å². The standard InChI is InChI=1S/C15H14ClN3O2/c1-9(2)8-21-15(20)10(7-17)13-14(16)19-12-6-4-3-5-11(12)18-13/h3-6,9-10H,8H2,1-2H3/t10-/m1/s1. The first-order valence-electron chi connectivity index (χ1n) is 6.51. The van der Waals surface area contributed by atoms with Gasteiger partial charge in [-0.25, -0.2) is 9.97 Å². The van der Waals surface area contributed by atoms with Crippen LogP contribution in [0.25, 0.3) is 11.0 Å². The van der Waals surface area contributed by atoms with Crippen LogP contribution in [0.15, 0.2) is 24.3 Å². The Labute approximate surface area is 127 Å². The molecule has 1 aromatic carbocycles. The van der Waals surface area contributed by atoms with E-state index in [1.807, 2.05) is 26.0 Å². The Bertz CT molecular complexity index is 710. The second-order valence-electron chi connectivity index (χ2n) is 4.97. The van der Waals surface area contributed by atoms with E-state index in [-0.39, 0.29) is 23.4 Å². The summed E-state index contributed by atoms with van der Waals surface area (Å²) in [5, 5.41) is 9.28. The van der Waals surface area contributed by atoms with Crippen molar-refractivity contribution >= 4 is 28.6 Å². The number of benzene rings is 1. The number of carbonyl (C=O) groups is 1. The molecule has 1 aromatic heterocycles. The third-order valence-electron chi connectivity index (χ3n) is 2.75. The van der Waals surface area contributed by atoms with Gasteiger partial charge in [0.15, 0.2) is 11.1 Å². The van der Waals surface area contributed by atoms with Crippen molar-refractivity contribution in [2.75, 3.05) is 6.61 Å². The molecule has 6 heteroatoms. The molecule has 0 N–H and O–H groups in total. The molecule has 0 spiro atoms. The van der Waals surface area contributed by atoms with Crippen molar-refractivity contribution < 1.29 is 9.53 Å². The maximum Gasteiger partial charge on any atom is 0.329 e. The molecule has 0 saturated heterocycles. The van der Waals surface area contributed by atoms with Gasteiger partial charge in [-0.15, -0.1) is 0 Å². The van der Waals surface area contributed by atoms with Crippen LogP contribution in [-0.2, 0) is 9.53 Å². The molecular weight excluding hydrogens is 290 g/mol. The Morgan fingerprint density at radius 3 is 2.52 bits per heavy atom. The third kappa shape index (κ3) is 3.47. The Balaban J connectivity index is 2.36. The lowest BCUT2D eigenvalue weighted by molar-refractivity contribution is -0.145. The van der Waals surface area contributed by atoms with Gasteiger partial charge in [0.2, 0.25) is 0 Å². The predicted molar refractivity (Wildman–Crippen MR) is 78.7 cm³/mol. The summed E-state index contributed by atoms with van der Waals surface area (Å²) in [5.41, 5.74) is 1.32. The Morgan fingerprint density at radius 1 is 1.33 bits per heavy atom. The lowest BCUT2D eigenvalue weighted by Crippen LogP contribution is -2.19. The second kappa shape index (κ2) is 6.51. The molecule has 0 amide bonds. The van der Waals surface area contributed by atoms with Crippen molar-refractivity contribution in [2.24, 2.45) is 5.92 Å². The summed E-state index contributed by atoms with van der Waals surface area (Å²) in [6, 6.07) is 9.00. The number of aromatic nitrogens is 2.